The molecule has 0 saturated heterocycles. The Bertz CT molecular complexity index is 451. The highest BCUT2D eigenvalue weighted by molar-refractivity contribution is 9.10. The molecule has 0 unspecified atom stereocenters. The van der Waals surface area contributed by atoms with Crippen molar-refractivity contribution in [2.24, 2.45) is 5.73 Å². The number of hydrogen-bond donors (Lipinski definition) is 2. The minimum Gasteiger partial charge on any atom is -0.496 e. The van der Waals surface area contributed by atoms with Gasteiger partial charge in [0.15, 0.2) is 0 Å². The van der Waals surface area contributed by atoms with E-state index in [1.165, 1.54) is 0 Å². The van der Waals surface area contributed by atoms with Crippen LogP contribution in [0.4, 0.5) is 0 Å². The second-order valence-electron chi connectivity index (χ2n) is 4.60. The minimum absolute atomic E-state index is 0. The molecule has 20 heavy (non-hydrogen) atoms. The number of ether oxygens (including phenoxy) is 1. The van der Waals surface area contributed by atoms with Gasteiger partial charge in [-0.15, -0.1) is 12.4 Å². The topological polar surface area (TPSA) is 64.3 Å². The van der Waals surface area contributed by atoms with Gasteiger partial charge in [-0.1, -0.05) is 13.8 Å². The molecule has 0 aliphatic heterocycles. The third kappa shape index (κ3) is 4.96. The van der Waals surface area contributed by atoms with Crippen LogP contribution in [0.1, 0.15) is 37.0 Å². The summed E-state index contributed by atoms with van der Waals surface area (Å²) in [7, 11) is 1.59. The van der Waals surface area contributed by atoms with Crippen LogP contribution in [0.3, 0.4) is 0 Å². The Labute approximate surface area is 135 Å². The number of rotatable bonds is 6. The van der Waals surface area contributed by atoms with Gasteiger partial charge in [0, 0.05) is 17.6 Å². The zero-order valence-electron chi connectivity index (χ0n) is 12.0. The van der Waals surface area contributed by atoms with Gasteiger partial charge in [-0.3, -0.25) is 4.79 Å². The molecule has 0 atom stereocenters. The molecule has 0 aliphatic rings. The van der Waals surface area contributed by atoms with Gasteiger partial charge in [-0.05, 0) is 47.0 Å². The molecule has 3 N–H and O–H groups in total. The SMILES string of the molecule is CCC(N)(CC)CNC(=O)c1ccc(OC)c(Br)c1.Cl. The van der Waals surface area contributed by atoms with Gasteiger partial charge in [0.2, 0.25) is 0 Å². The maximum Gasteiger partial charge on any atom is 0.251 e. The minimum atomic E-state index is -0.334. The summed E-state index contributed by atoms with van der Waals surface area (Å²) in [6, 6.07) is 5.23. The van der Waals surface area contributed by atoms with E-state index in [2.05, 4.69) is 21.2 Å². The van der Waals surface area contributed by atoms with Gasteiger partial charge >= 0.3 is 0 Å². The molecule has 6 heteroatoms. The number of carbonyl (C=O) groups excluding carboxylic acids is 1. The predicted molar refractivity (Wildman–Crippen MR) is 87.8 cm³/mol. The second-order valence-corrected chi connectivity index (χ2v) is 5.46. The highest BCUT2D eigenvalue weighted by Crippen LogP contribution is 2.25. The number of carbonyl (C=O) groups is 1. The average molecular weight is 366 g/mol. The quantitative estimate of drug-likeness (QED) is 0.814. The van der Waals surface area contributed by atoms with Gasteiger partial charge in [0.05, 0.1) is 11.6 Å². The Balaban J connectivity index is 0.00000361. The van der Waals surface area contributed by atoms with Crippen molar-refractivity contribution in [1.29, 1.82) is 0 Å². The lowest BCUT2D eigenvalue weighted by molar-refractivity contribution is 0.0942. The van der Waals surface area contributed by atoms with Crippen LogP contribution >= 0.6 is 28.3 Å². The van der Waals surface area contributed by atoms with E-state index in [1.807, 2.05) is 13.8 Å². The fourth-order valence-electron chi connectivity index (χ4n) is 1.67. The number of methoxy groups -OCH3 is 1. The smallest absolute Gasteiger partial charge is 0.251 e. The number of nitrogens with one attached hydrogen (secondary N) is 1. The summed E-state index contributed by atoms with van der Waals surface area (Å²) in [6.45, 7) is 4.53. The third-order valence-electron chi connectivity index (χ3n) is 3.42. The van der Waals surface area contributed by atoms with Crippen LogP contribution in [-0.4, -0.2) is 25.1 Å². The molecule has 0 aliphatic carbocycles. The van der Waals surface area contributed by atoms with E-state index in [9.17, 15) is 4.79 Å². The van der Waals surface area contributed by atoms with E-state index in [-0.39, 0.29) is 23.9 Å². The van der Waals surface area contributed by atoms with Crippen molar-refractivity contribution in [1.82, 2.24) is 5.32 Å². The fraction of sp³-hybridized carbons (Fsp3) is 0.500. The standard InChI is InChI=1S/C14H21BrN2O2.ClH/c1-4-14(16,5-2)9-17-13(18)10-6-7-12(19-3)11(15)8-10;/h6-8H,4-5,9,16H2,1-3H3,(H,17,18);1H. The van der Waals surface area contributed by atoms with Crippen molar-refractivity contribution in [2.45, 2.75) is 32.2 Å². The molecule has 0 spiro atoms. The zero-order valence-corrected chi connectivity index (χ0v) is 14.4. The van der Waals surface area contributed by atoms with Crippen molar-refractivity contribution < 1.29 is 9.53 Å². The average Bonchev–Trinajstić information content (AvgIpc) is 2.44. The summed E-state index contributed by atoms with van der Waals surface area (Å²) >= 11 is 3.36. The number of hydrogen-bond acceptors (Lipinski definition) is 3. The number of amides is 1. The molecule has 0 heterocycles. The molecule has 4 nitrogen and oxygen atoms in total. The lowest BCUT2D eigenvalue weighted by Gasteiger charge is -2.26. The Morgan fingerprint density at radius 1 is 1.40 bits per heavy atom. The summed E-state index contributed by atoms with van der Waals surface area (Å²) in [5, 5.41) is 2.88. The molecule has 1 amide bonds. The van der Waals surface area contributed by atoms with Crippen LogP contribution in [0.2, 0.25) is 0 Å². The molecule has 1 aromatic rings. The third-order valence-corrected chi connectivity index (χ3v) is 4.04. The summed E-state index contributed by atoms with van der Waals surface area (Å²) in [4.78, 5) is 12.0. The first-order chi connectivity index (χ1) is 8.95. The predicted octanol–water partition coefficient (Wildman–Crippen LogP) is 3.13. The van der Waals surface area contributed by atoms with Crippen LogP contribution < -0.4 is 15.8 Å². The van der Waals surface area contributed by atoms with Crippen LogP contribution in [0.5, 0.6) is 5.75 Å². The van der Waals surface area contributed by atoms with E-state index in [1.54, 1.807) is 25.3 Å². The second kappa shape index (κ2) is 8.49. The van der Waals surface area contributed by atoms with Gasteiger partial charge in [0.25, 0.3) is 5.91 Å². The molecule has 0 radical (unpaired) electrons. The van der Waals surface area contributed by atoms with Crippen LogP contribution in [-0.2, 0) is 0 Å². The lowest BCUT2D eigenvalue weighted by atomic mass is 9.94. The number of halogens is 2. The van der Waals surface area contributed by atoms with Crippen LogP contribution in [0.25, 0.3) is 0 Å². The highest BCUT2D eigenvalue weighted by Gasteiger charge is 2.21. The van der Waals surface area contributed by atoms with Gasteiger partial charge in [-0.2, -0.15) is 0 Å². The zero-order chi connectivity index (χ0) is 14.5. The van der Waals surface area contributed by atoms with E-state index in [0.29, 0.717) is 17.9 Å². The number of benzene rings is 1. The van der Waals surface area contributed by atoms with E-state index in [0.717, 1.165) is 17.3 Å². The normalized spacial score (nSPS) is 10.7. The molecular formula is C14H22BrClN2O2. The fourth-order valence-corrected chi connectivity index (χ4v) is 2.21. The lowest BCUT2D eigenvalue weighted by Crippen LogP contribution is -2.49. The molecule has 114 valence electrons. The van der Waals surface area contributed by atoms with Crippen molar-refractivity contribution >= 4 is 34.2 Å². The maximum atomic E-state index is 12.0. The number of nitrogens with two attached hydrogens (primary N) is 1. The largest absolute Gasteiger partial charge is 0.496 e. The molecule has 0 saturated carbocycles. The van der Waals surface area contributed by atoms with Gasteiger partial charge in [-0.25, -0.2) is 0 Å². The Kier molecular flexibility index (Phi) is 8.16. The summed E-state index contributed by atoms with van der Waals surface area (Å²) in [6.07, 6.45) is 1.66. The maximum absolute atomic E-state index is 12.0. The molecule has 0 aromatic heterocycles. The Hall–Kier alpha value is -0.780. The van der Waals surface area contributed by atoms with E-state index >= 15 is 0 Å². The van der Waals surface area contributed by atoms with Crippen LogP contribution in [0, 0.1) is 0 Å². The Morgan fingerprint density at radius 3 is 2.45 bits per heavy atom. The molecule has 1 aromatic carbocycles. The van der Waals surface area contributed by atoms with Crippen LogP contribution in [0.15, 0.2) is 22.7 Å². The van der Waals surface area contributed by atoms with E-state index in [4.69, 9.17) is 10.5 Å². The summed E-state index contributed by atoms with van der Waals surface area (Å²) in [5.41, 5.74) is 6.41. The van der Waals surface area contributed by atoms with E-state index < -0.39 is 0 Å². The summed E-state index contributed by atoms with van der Waals surface area (Å²) in [5.74, 6) is 0.576. The first kappa shape index (κ1) is 19.2. The van der Waals surface area contributed by atoms with Crippen molar-refractivity contribution in [3.05, 3.63) is 28.2 Å². The summed E-state index contributed by atoms with van der Waals surface area (Å²) < 4.78 is 5.89. The Morgan fingerprint density at radius 2 is 2.00 bits per heavy atom. The first-order valence-corrected chi connectivity index (χ1v) is 7.15. The van der Waals surface area contributed by atoms with Crippen molar-refractivity contribution in [3.8, 4) is 5.75 Å². The van der Waals surface area contributed by atoms with Crippen molar-refractivity contribution in [3.63, 3.8) is 0 Å². The molecule has 0 bridgehead atoms. The van der Waals surface area contributed by atoms with Gasteiger partial charge in [0.1, 0.15) is 5.75 Å². The first-order valence-electron chi connectivity index (χ1n) is 6.36. The van der Waals surface area contributed by atoms with Crippen molar-refractivity contribution in [2.75, 3.05) is 13.7 Å². The van der Waals surface area contributed by atoms with Gasteiger partial charge < -0.3 is 15.8 Å². The monoisotopic (exact) mass is 364 g/mol. The highest BCUT2D eigenvalue weighted by atomic mass is 79.9. The molecule has 0 fully saturated rings. The molecular weight excluding hydrogens is 344 g/mol. The molecule has 1 rings (SSSR count).